The predicted octanol–water partition coefficient (Wildman–Crippen LogP) is 4.17. The van der Waals surface area contributed by atoms with Crippen molar-refractivity contribution in [3.8, 4) is 5.75 Å². The highest BCUT2D eigenvalue weighted by Crippen LogP contribution is 2.36. The Bertz CT molecular complexity index is 1210. The maximum atomic E-state index is 11.3. The Morgan fingerprint density at radius 2 is 2.00 bits per heavy atom. The number of pyridine rings is 2. The van der Waals surface area contributed by atoms with Crippen molar-refractivity contribution in [1.29, 1.82) is 0 Å². The molecular formula is C22H19N4O3+. The highest BCUT2D eigenvalue weighted by Gasteiger charge is 2.25. The summed E-state index contributed by atoms with van der Waals surface area (Å²) in [6, 6.07) is 17.1. The Kier molecular flexibility index (Phi) is 4.78. The van der Waals surface area contributed by atoms with Gasteiger partial charge in [-0.3, -0.25) is 20.4 Å². The quantitative estimate of drug-likeness (QED) is 0.395. The molecule has 0 spiro atoms. The van der Waals surface area contributed by atoms with E-state index in [4.69, 9.17) is 0 Å². The van der Waals surface area contributed by atoms with E-state index in [1.165, 1.54) is 12.1 Å². The average Bonchev–Trinajstić information content (AvgIpc) is 2.73. The highest BCUT2D eigenvalue weighted by atomic mass is 16.6. The third-order valence-electron chi connectivity index (χ3n) is 4.76. The fraction of sp³-hybridized carbons (Fsp3) is 0.0909. The van der Waals surface area contributed by atoms with E-state index in [9.17, 15) is 15.2 Å². The summed E-state index contributed by atoms with van der Waals surface area (Å²) in [6.07, 6.45) is 3.43. The van der Waals surface area contributed by atoms with Crippen LogP contribution in [0, 0.1) is 17.0 Å². The van der Waals surface area contributed by atoms with Crippen molar-refractivity contribution in [2.24, 2.45) is 0 Å². The van der Waals surface area contributed by atoms with Crippen molar-refractivity contribution in [1.82, 2.24) is 4.98 Å². The van der Waals surface area contributed by atoms with E-state index < -0.39 is 11.0 Å². The van der Waals surface area contributed by atoms with Gasteiger partial charge in [-0.05, 0) is 30.7 Å². The number of anilines is 1. The van der Waals surface area contributed by atoms with Gasteiger partial charge in [0.05, 0.1) is 11.1 Å². The Balaban J connectivity index is 1.87. The van der Waals surface area contributed by atoms with Gasteiger partial charge in [0.25, 0.3) is 11.5 Å². The molecule has 0 aliphatic heterocycles. The predicted molar refractivity (Wildman–Crippen MR) is 110 cm³/mol. The molecule has 0 saturated heterocycles. The summed E-state index contributed by atoms with van der Waals surface area (Å²) in [5.41, 5.74) is 2.75. The zero-order valence-corrected chi connectivity index (χ0v) is 15.7. The number of H-pyrrole nitrogens is 1. The zero-order chi connectivity index (χ0) is 20.4. The molecule has 3 N–H and O–H groups in total. The first-order valence-corrected chi connectivity index (χ1v) is 9.09. The Labute approximate surface area is 166 Å². The number of aromatic amines is 1. The lowest BCUT2D eigenvalue weighted by Gasteiger charge is -2.17. The third-order valence-corrected chi connectivity index (χ3v) is 4.76. The van der Waals surface area contributed by atoms with Crippen LogP contribution in [0.25, 0.3) is 10.9 Å². The fourth-order valence-corrected chi connectivity index (χ4v) is 3.36. The maximum absolute atomic E-state index is 11.3. The van der Waals surface area contributed by atoms with Crippen LogP contribution < -0.4 is 10.3 Å². The van der Waals surface area contributed by atoms with E-state index in [1.54, 1.807) is 24.4 Å². The summed E-state index contributed by atoms with van der Waals surface area (Å²) >= 11 is 0. The van der Waals surface area contributed by atoms with Crippen LogP contribution in [0.1, 0.15) is 22.7 Å². The molecule has 29 heavy (non-hydrogen) atoms. The van der Waals surface area contributed by atoms with Crippen LogP contribution in [0.15, 0.2) is 73.1 Å². The summed E-state index contributed by atoms with van der Waals surface area (Å²) in [5.74, 6) is 0.766. The van der Waals surface area contributed by atoms with E-state index in [2.05, 4.69) is 15.3 Å². The monoisotopic (exact) mass is 387 g/mol. The van der Waals surface area contributed by atoms with Gasteiger partial charge >= 0.3 is 0 Å². The smallest absolute Gasteiger partial charge is 0.273 e. The number of fused-ring (bicyclic) bond motifs is 1. The van der Waals surface area contributed by atoms with Gasteiger partial charge in [-0.25, -0.2) is 4.98 Å². The van der Waals surface area contributed by atoms with E-state index in [0.29, 0.717) is 16.6 Å². The maximum Gasteiger partial charge on any atom is 0.273 e. The summed E-state index contributed by atoms with van der Waals surface area (Å²) < 4.78 is 0. The number of aryl methyl sites for hydroxylation is 1. The number of phenolic OH excluding ortho intramolecular Hbond substituents is 1. The minimum Gasteiger partial charge on any atom is -0.505 e. The molecule has 0 radical (unpaired) electrons. The summed E-state index contributed by atoms with van der Waals surface area (Å²) in [7, 11) is 0. The molecule has 2 aromatic heterocycles. The van der Waals surface area contributed by atoms with Crippen molar-refractivity contribution >= 4 is 22.4 Å². The average molecular weight is 387 g/mol. The molecule has 4 aromatic rings. The van der Waals surface area contributed by atoms with Crippen LogP contribution >= 0.6 is 0 Å². The second-order valence-corrected chi connectivity index (χ2v) is 6.79. The Hall–Kier alpha value is -4.00. The lowest BCUT2D eigenvalue weighted by Crippen LogP contribution is -2.19. The molecule has 4 rings (SSSR count). The molecule has 7 nitrogen and oxygen atoms in total. The van der Waals surface area contributed by atoms with Crippen LogP contribution in [0.4, 0.5) is 11.5 Å². The molecule has 1 atom stereocenters. The second kappa shape index (κ2) is 7.55. The van der Waals surface area contributed by atoms with E-state index in [-0.39, 0.29) is 11.4 Å². The summed E-state index contributed by atoms with van der Waals surface area (Å²) in [6.45, 7) is 1.97. The molecular weight excluding hydrogens is 368 g/mol. The van der Waals surface area contributed by atoms with Gasteiger partial charge in [-0.15, -0.1) is 0 Å². The third kappa shape index (κ3) is 3.70. The first-order chi connectivity index (χ1) is 14.0. The van der Waals surface area contributed by atoms with E-state index >= 15 is 0 Å². The number of aromatic nitrogens is 2. The number of non-ortho nitro benzene ring substituents is 1. The van der Waals surface area contributed by atoms with Crippen LogP contribution in [-0.4, -0.2) is 15.0 Å². The van der Waals surface area contributed by atoms with Crippen LogP contribution in [0.2, 0.25) is 0 Å². The molecule has 0 aliphatic rings. The van der Waals surface area contributed by atoms with Crippen molar-refractivity contribution in [3.05, 3.63) is 99.9 Å². The largest absolute Gasteiger partial charge is 0.505 e. The zero-order valence-electron chi connectivity index (χ0n) is 15.7. The second-order valence-electron chi connectivity index (χ2n) is 6.79. The van der Waals surface area contributed by atoms with E-state index in [0.717, 1.165) is 16.8 Å². The van der Waals surface area contributed by atoms with E-state index in [1.807, 2.05) is 43.5 Å². The molecule has 2 aromatic carbocycles. The minimum absolute atomic E-state index is 0.0130. The Morgan fingerprint density at radius 1 is 1.14 bits per heavy atom. The molecule has 0 aliphatic carbocycles. The van der Waals surface area contributed by atoms with Crippen molar-refractivity contribution in [2.75, 3.05) is 5.32 Å². The number of nitrogens with zero attached hydrogens (tertiary/aromatic N) is 2. The summed E-state index contributed by atoms with van der Waals surface area (Å²) in [5, 5.41) is 26.4. The SMILES string of the molecule is Cc1cc[nH+]c(N[C@H](c2cccc([N+](=O)[O-])c2)c2ccc3cccnc3c2O)c1. The van der Waals surface area contributed by atoms with Gasteiger partial charge in [0.1, 0.15) is 17.3 Å². The first kappa shape index (κ1) is 18.4. The van der Waals surface area contributed by atoms with Gasteiger partial charge in [0.15, 0.2) is 0 Å². The molecule has 0 bridgehead atoms. The normalized spacial score (nSPS) is 11.9. The van der Waals surface area contributed by atoms with Gasteiger partial charge in [-0.2, -0.15) is 0 Å². The van der Waals surface area contributed by atoms with Gasteiger partial charge in [-0.1, -0.05) is 24.3 Å². The highest BCUT2D eigenvalue weighted by molar-refractivity contribution is 5.86. The molecule has 0 saturated carbocycles. The van der Waals surface area contributed by atoms with Crippen LogP contribution in [-0.2, 0) is 0 Å². The number of nitrogens with one attached hydrogen (secondary N) is 2. The lowest BCUT2D eigenvalue weighted by molar-refractivity contribution is -0.384. The number of rotatable bonds is 5. The van der Waals surface area contributed by atoms with Crippen molar-refractivity contribution < 1.29 is 15.0 Å². The molecule has 0 unspecified atom stereocenters. The van der Waals surface area contributed by atoms with Crippen LogP contribution in [0.5, 0.6) is 5.75 Å². The molecule has 144 valence electrons. The number of phenols is 1. The van der Waals surface area contributed by atoms with Crippen molar-refractivity contribution in [2.45, 2.75) is 13.0 Å². The number of hydrogen-bond donors (Lipinski definition) is 2. The van der Waals surface area contributed by atoms with Crippen LogP contribution in [0.3, 0.4) is 0 Å². The number of nitro benzene ring substituents is 1. The number of benzene rings is 2. The topological polar surface area (TPSA) is 102 Å². The summed E-state index contributed by atoms with van der Waals surface area (Å²) in [4.78, 5) is 18.3. The molecule has 7 heteroatoms. The standard InChI is InChI=1S/C22H18N4O3/c1-14-9-11-23-19(12-14)25-20(16-4-2-6-17(13-16)26(28)29)18-8-7-15-5-3-10-24-21(15)22(18)27/h2-13,20,27H,1H3,(H,23,25)/p+1/t20-/m1/s1. The molecule has 0 amide bonds. The number of nitro groups is 1. The van der Waals surface area contributed by atoms with Crippen molar-refractivity contribution in [3.63, 3.8) is 0 Å². The lowest BCUT2D eigenvalue weighted by atomic mass is 9.96. The Morgan fingerprint density at radius 3 is 2.79 bits per heavy atom. The molecule has 0 fully saturated rings. The van der Waals surface area contributed by atoms with Gasteiger partial charge in [0.2, 0.25) is 0 Å². The fourth-order valence-electron chi connectivity index (χ4n) is 3.36. The molecule has 2 heterocycles. The van der Waals surface area contributed by atoms with Gasteiger partial charge < -0.3 is 5.11 Å². The number of aromatic hydroxyl groups is 1. The van der Waals surface area contributed by atoms with Gasteiger partial charge in [0, 0.05) is 40.9 Å². The minimum atomic E-state index is -0.528. The number of hydrogen-bond acceptors (Lipinski definition) is 5. The first-order valence-electron chi connectivity index (χ1n) is 9.09.